The molecule has 0 spiro atoms. The lowest BCUT2D eigenvalue weighted by molar-refractivity contribution is 1.67. The highest BCUT2D eigenvalue weighted by Gasteiger charge is 2.14. The Hall–Kier alpha value is -0.603. The molecule has 0 aromatic heterocycles. The molecule has 0 heterocycles. The summed E-state index contributed by atoms with van der Waals surface area (Å²) in [6.07, 6.45) is 0. The summed E-state index contributed by atoms with van der Waals surface area (Å²) in [4.78, 5) is 0. The quantitative estimate of drug-likeness (QED) is 0.508. The van der Waals surface area contributed by atoms with Crippen LogP contribution in [0.15, 0.2) is 36.8 Å². The molecule has 0 aliphatic carbocycles. The molecule has 0 amide bonds. The van der Waals surface area contributed by atoms with E-state index in [1.807, 2.05) is 0 Å². The number of rotatable bonds is 3. The van der Waals surface area contributed by atoms with Crippen LogP contribution >= 0.6 is 0 Å². The highest BCUT2D eigenvalue weighted by atomic mass is 28.3. The fourth-order valence-corrected chi connectivity index (χ4v) is 0.750. The van der Waals surface area contributed by atoms with Gasteiger partial charge >= 0.3 is 0 Å². The van der Waals surface area contributed by atoms with Gasteiger partial charge in [0.05, 0.1) is 0 Å². The van der Waals surface area contributed by atoms with Gasteiger partial charge < -0.3 is 0 Å². The van der Waals surface area contributed by atoms with E-state index in [0.717, 1.165) is 0 Å². The lowest BCUT2D eigenvalue weighted by atomic mass is 11.2. The Morgan fingerprint density at radius 1 is 1.00 bits per heavy atom. The Balaban J connectivity index is 4.18. The van der Waals surface area contributed by atoms with Crippen molar-refractivity contribution in [1.29, 1.82) is 0 Å². The van der Waals surface area contributed by atoms with Gasteiger partial charge in [0.1, 0.15) is 0 Å². The average Bonchev–Trinajstić information content (AvgIpc) is 1.87. The van der Waals surface area contributed by atoms with Gasteiger partial charge in [-0.25, -0.2) is 0 Å². The maximum atomic E-state index is 7.45. The van der Waals surface area contributed by atoms with E-state index in [4.69, 9.17) is 5.40 Å². The molecule has 0 bridgehead atoms. The normalized spacial score (nSPS) is 10.1. The molecule has 0 aliphatic rings. The maximum Gasteiger partial charge on any atom is 0.211 e. The average molecular weight is 124 g/mol. The number of hydrogen-bond acceptors (Lipinski definition) is 0. The molecule has 0 fully saturated rings. The fourth-order valence-electron chi connectivity index (χ4n) is 0.250. The molecule has 0 saturated heterocycles. The van der Waals surface area contributed by atoms with Crippen LogP contribution in [0.2, 0.25) is 0 Å². The van der Waals surface area contributed by atoms with Gasteiger partial charge in [-0.05, 0) is 0 Å². The molecule has 0 aromatic carbocycles. The highest BCUT2D eigenvalue weighted by molar-refractivity contribution is 6.89. The second kappa shape index (κ2) is 2.64. The minimum atomic E-state index is -2.13. The summed E-state index contributed by atoms with van der Waals surface area (Å²) in [5, 5.41) is 7.45. The first-order valence-electron chi connectivity index (χ1n) is 2.34. The van der Waals surface area contributed by atoms with Gasteiger partial charge in [0, 0.05) is 0 Å². The standard InChI is InChI=1S/C6H10NSi/c1-4-8(7,5-2)6-3/h4-7H,1-3H2. The van der Waals surface area contributed by atoms with Crippen LogP contribution in [-0.2, 0) is 0 Å². The zero-order chi connectivity index (χ0) is 6.62. The lowest BCUT2D eigenvalue weighted by Crippen LogP contribution is -2.28. The first-order valence-corrected chi connectivity index (χ1v) is 4.57. The van der Waals surface area contributed by atoms with E-state index < -0.39 is 8.24 Å². The van der Waals surface area contributed by atoms with E-state index >= 15 is 0 Å². The highest BCUT2D eigenvalue weighted by Crippen LogP contribution is 1.98. The van der Waals surface area contributed by atoms with Crippen molar-refractivity contribution in [1.82, 2.24) is 5.40 Å². The van der Waals surface area contributed by atoms with Crippen molar-refractivity contribution in [3.63, 3.8) is 0 Å². The molecule has 0 saturated carbocycles. The Morgan fingerprint density at radius 2 is 1.25 bits per heavy atom. The Bertz CT molecular complexity index is 95.9. The van der Waals surface area contributed by atoms with E-state index in [9.17, 15) is 0 Å². The van der Waals surface area contributed by atoms with Crippen molar-refractivity contribution in [2.75, 3.05) is 0 Å². The summed E-state index contributed by atoms with van der Waals surface area (Å²) in [6, 6.07) is 0. The molecule has 0 unspecified atom stereocenters. The molecule has 0 aromatic rings. The summed E-state index contributed by atoms with van der Waals surface area (Å²) >= 11 is 0. The molecule has 1 radical (unpaired) electrons. The third-order valence-electron chi connectivity index (χ3n) is 1.01. The minimum absolute atomic E-state index is 1.62. The van der Waals surface area contributed by atoms with E-state index in [2.05, 4.69) is 19.7 Å². The minimum Gasteiger partial charge on any atom is -0.272 e. The van der Waals surface area contributed by atoms with Crippen molar-refractivity contribution in [2.45, 2.75) is 0 Å². The van der Waals surface area contributed by atoms with Gasteiger partial charge in [-0.2, -0.15) is 0 Å². The van der Waals surface area contributed by atoms with Crippen LogP contribution in [0.5, 0.6) is 0 Å². The van der Waals surface area contributed by atoms with Crippen LogP contribution < -0.4 is 5.40 Å². The third-order valence-corrected chi connectivity index (χ3v) is 3.04. The number of nitrogens with one attached hydrogen (secondary N) is 1. The SMILES string of the molecule is C=C[Si]([NH])(C=C)C=C. The van der Waals surface area contributed by atoms with Crippen molar-refractivity contribution in [2.24, 2.45) is 0 Å². The van der Waals surface area contributed by atoms with E-state index in [1.165, 1.54) is 0 Å². The Morgan fingerprint density at radius 3 is 1.25 bits per heavy atom. The van der Waals surface area contributed by atoms with E-state index in [1.54, 1.807) is 17.1 Å². The lowest BCUT2D eigenvalue weighted by Gasteiger charge is -2.07. The Kier molecular flexibility index (Phi) is 2.44. The van der Waals surface area contributed by atoms with Gasteiger partial charge in [-0.3, -0.25) is 5.40 Å². The van der Waals surface area contributed by atoms with Gasteiger partial charge in [0.15, 0.2) is 0 Å². The van der Waals surface area contributed by atoms with Crippen molar-refractivity contribution < 1.29 is 0 Å². The molecule has 0 rings (SSSR count). The van der Waals surface area contributed by atoms with Crippen molar-refractivity contribution in [3.8, 4) is 0 Å². The Labute approximate surface area is 51.3 Å². The molecule has 8 heavy (non-hydrogen) atoms. The molecule has 43 valence electrons. The predicted molar refractivity (Wildman–Crippen MR) is 39.4 cm³/mol. The van der Waals surface area contributed by atoms with Crippen LogP contribution in [0.25, 0.3) is 0 Å². The summed E-state index contributed by atoms with van der Waals surface area (Å²) in [5.41, 5.74) is 4.85. The van der Waals surface area contributed by atoms with Gasteiger partial charge in [-0.15, -0.1) is 19.7 Å². The van der Waals surface area contributed by atoms with Gasteiger partial charge in [0.2, 0.25) is 8.24 Å². The molecular weight excluding hydrogens is 114 g/mol. The molecular formula is C6H10NSi. The van der Waals surface area contributed by atoms with Gasteiger partial charge in [0.25, 0.3) is 0 Å². The zero-order valence-corrected chi connectivity index (χ0v) is 5.85. The zero-order valence-electron chi connectivity index (χ0n) is 4.85. The van der Waals surface area contributed by atoms with Crippen molar-refractivity contribution in [3.05, 3.63) is 36.8 Å². The van der Waals surface area contributed by atoms with Gasteiger partial charge in [-0.1, -0.05) is 17.1 Å². The summed E-state index contributed by atoms with van der Waals surface area (Å²) in [6.45, 7) is 10.5. The fraction of sp³-hybridized carbons (Fsp3) is 0. The number of hydrogen-bond donors (Lipinski definition) is 0. The second-order valence-electron chi connectivity index (χ2n) is 1.55. The van der Waals surface area contributed by atoms with E-state index in [-0.39, 0.29) is 0 Å². The van der Waals surface area contributed by atoms with Crippen LogP contribution in [-0.4, -0.2) is 8.24 Å². The smallest absolute Gasteiger partial charge is 0.211 e. The maximum absolute atomic E-state index is 7.45. The monoisotopic (exact) mass is 124 g/mol. The predicted octanol–water partition coefficient (Wildman–Crippen LogP) is 1.39. The molecule has 2 heteroatoms. The molecule has 1 nitrogen and oxygen atoms in total. The van der Waals surface area contributed by atoms with E-state index in [0.29, 0.717) is 0 Å². The largest absolute Gasteiger partial charge is 0.272 e. The second-order valence-corrected chi connectivity index (χ2v) is 4.64. The summed E-state index contributed by atoms with van der Waals surface area (Å²) in [7, 11) is -2.13. The van der Waals surface area contributed by atoms with Crippen LogP contribution in [0, 0.1) is 0 Å². The molecule has 0 atom stereocenters. The third kappa shape index (κ3) is 1.48. The van der Waals surface area contributed by atoms with Crippen LogP contribution in [0.4, 0.5) is 0 Å². The van der Waals surface area contributed by atoms with Crippen LogP contribution in [0.3, 0.4) is 0 Å². The topological polar surface area (TPSA) is 23.8 Å². The molecule has 0 aliphatic heterocycles. The summed E-state index contributed by atoms with van der Waals surface area (Å²) in [5.74, 6) is 0. The molecule has 1 N–H and O–H groups in total. The first-order chi connectivity index (χ1) is 3.68. The van der Waals surface area contributed by atoms with Crippen LogP contribution in [0.1, 0.15) is 0 Å². The van der Waals surface area contributed by atoms with Crippen molar-refractivity contribution >= 4 is 8.24 Å². The first kappa shape index (κ1) is 7.40. The summed E-state index contributed by atoms with van der Waals surface area (Å²) < 4.78 is 0.